The molecule has 0 aromatic rings. The summed E-state index contributed by atoms with van der Waals surface area (Å²) >= 11 is 0. The Morgan fingerprint density at radius 3 is 1.37 bits per heavy atom. The van der Waals surface area contributed by atoms with E-state index in [1.54, 1.807) is 0 Å². The summed E-state index contributed by atoms with van der Waals surface area (Å²) in [6.45, 7) is 3.44. The molecule has 63 heavy (non-hydrogen) atoms. The molecular weight excluding hydrogens is 799 g/mol. The zero-order valence-corrected chi connectivity index (χ0v) is 40.6. The maximum absolute atomic E-state index is 13.1. The van der Waals surface area contributed by atoms with Crippen molar-refractivity contribution in [2.75, 3.05) is 13.2 Å². The molecule has 9 atom stereocenters. The lowest BCUT2D eigenvalue weighted by atomic mass is 9.98. The van der Waals surface area contributed by atoms with Crippen molar-refractivity contribution in [3.63, 3.8) is 0 Å². The number of hydrogen-bond acceptors (Lipinski definition) is 10. The number of nitrogens with one attached hydrogen (secondary N) is 1. The molecule has 0 aromatic carbocycles. The highest BCUT2D eigenvalue weighted by Crippen LogP contribution is 2.23. The van der Waals surface area contributed by atoms with Crippen molar-refractivity contribution in [3.05, 3.63) is 12.2 Å². The van der Waals surface area contributed by atoms with Gasteiger partial charge in [0.25, 0.3) is 0 Å². The zero-order valence-electron chi connectivity index (χ0n) is 40.6. The normalized spacial score (nSPS) is 21.2. The lowest BCUT2D eigenvalue weighted by molar-refractivity contribution is -0.303. The van der Waals surface area contributed by atoms with Crippen LogP contribution in [0.25, 0.3) is 0 Å². The SMILES string of the molecule is CCCCCCCCC/C=C/CCCC(O)C(O)C(COC1OC(CO)C(O)C(O)C1O)NC(=O)C(O)CCCCCCCCCCCCCCCCCCCCCCCCCC. The molecule has 1 aliphatic rings. The van der Waals surface area contributed by atoms with E-state index in [4.69, 9.17) is 9.47 Å². The van der Waals surface area contributed by atoms with Gasteiger partial charge < -0.3 is 50.5 Å². The third-order valence-corrected chi connectivity index (χ3v) is 13.1. The van der Waals surface area contributed by atoms with Gasteiger partial charge in [-0.1, -0.05) is 219 Å². The summed E-state index contributed by atoms with van der Waals surface area (Å²) in [6.07, 6.45) is 35.6. The van der Waals surface area contributed by atoms with Gasteiger partial charge in [0.1, 0.15) is 36.6 Å². The second-order valence-corrected chi connectivity index (χ2v) is 19.0. The van der Waals surface area contributed by atoms with Crippen LogP contribution in [0.4, 0.5) is 0 Å². The molecule has 11 nitrogen and oxygen atoms in total. The predicted octanol–water partition coefficient (Wildman–Crippen LogP) is 10.0. The van der Waals surface area contributed by atoms with Crippen molar-refractivity contribution in [1.29, 1.82) is 0 Å². The fourth-order valence-corrected chi connectivity index (χ4v) is 8.68. The first-order valence-corrected chi connectivity index (χ1v) is 26.6. The van der Waals surface area contributed by atoms with E-state index in [9.17, 15) is 40.5 Å². The largest absolute Gasteiger partial charge is 0.394 e. The molecule has 0 aliphatic carbocycles. The molecule has 1 fully saturated rings. The quantitative estimate of drug-likeness (QED) is 0.0216. The first kappa shape index (κ1) is 59.9. The Morgan fingerprint density at radius 1 is 0.540 bits per heavy atom. The van der Waals surface area contributed by atoms with Gasteiger partial charge in [-0.3, -0.25) is 4.79 Å². The van der Waals surface area contributed by atoms with E-state index < -0.39 is 74.2 Å². The highest BCUT2D eigenvalue weighted by molar-refractivity contribution is 5.80. The molecule has 0 radical (unpaired) electrons. The molecule has 0 aromatic heterocycles. The van der Waals surface area contributed by atoms with E-state index in [1.165, 1.54) is 167 Å². The molecule has 1 rings (SSSR count). The summed E-state index contributed by atoms with van der Waals surface area (Å²) < 4.78 is 11.1. The summed E-state index contributed by atoms with van der Waals surface area (Å²) in [7, 11) is 0. The van der Waals surface area contributed by atoms with Gasteiger partial charge in [0.15, 0.2) is 6.29 Å². The molecule has 0 saturated carbocycles. The predicted molar refractivity (Wildman–Crippen MR) is 256 cm³/mol. The smallest absolute Gasteiger partial charge is 0.249 e. The molecule has 11 heteroatoms. The van der Waals surface area contributed by atoms with Crippen LogP contribution in [0, 0.1) is 0 Å². The Balaban J connectivity index is 2.30. The van der Waals surface area contributed by atoms with Crippen molar-refractivity contribution in [2.45, 2.75) is 300 Å². The second-order valence-electron chi connectivity index (χ2n) is 19.0. The van der Waals surface area contributed by atoms with Crippen molar-refractivity contribution in [3.8, 4) is 0 Å². The van der Waals surface area contributed by atoms with Crippen LogP contribution >= 0.6 is 0 Å². The highest BCUT2D eigenvalue weighted by atomic mass is 16.7. The van der Waals surface area contributed by atoms with Gasteiger partial charge in [0.05, 0.1) is 25.4 Å². The second kappa shape index (κ2) is 42.2. The number of hydrogen-bond donors (Lipinski definition) is 8. The molecular formula is C52H101NO10. The van der Waals surface area contributed by atoms with E-state index in [-0.39, 0.29) is 12.8 Å². The lowest BCUT2D eigenvalue weighted by Gasteiger charge is -2.40. The average Bonchev–Trinajstić information content (AvgIpc) is 3.28. The number of aliphatic hydroxyl groups excluding tert-OH is 7. The minimum absolute atomic E-state index is 0.259. The number of carbonyl (C=O) groups is 1. The third kappa shape index (κ3) is 31.5. The van der Waals surface area contributed by atoms with E-state index >= 15 is 0 Å². The zero-order chi connectivity index (χ0) is 46.2. The summed E-state index contributed by atoms with van der Waals surface area (Å²) in [5.41, 5.74) is 0. The van der Waals surface area contributed by atoms with Crippen LogP contribution in [0.1, 0.15) is 245 Å². The molecule has 8 N–H and O–H groups in total. The molecule has 9 unspecified atom stereocenters. The van der Waals surface area contributed by atoms with Crippen molar-refractivity contribution >= 4 is 5.91 Å². The Hall–Kier alpha value is -1.15. The number of rotatable bonds is 45. The molecule has 1 saturated heterocycles. The Morgan fingerprint density at radius 2 is 0.937 bits per heavy atom. The van der Waals surface area contributed by atoms with Gasteiger partial charge >= 0.3 is 0 Å². The third-order valence-electron chi connectivity index (χ3n) is 13.1. The number of aliphatic hydroxyl groups is 7. The van der Waals surface area contributed by atoms with Crippen LogP contribution < -0.4 is 5.32 Å². The first-order chi connectivity index (χ1) is 30.7. The van der Waals surface area contributed by atoms with Gasteiger partial charge in [0, 0.05) is 0 Å². The molecule has 1 aliphatic heterocycles. The molecule has 0 bridgehead atoms. The van der Waals surface area contributed by atoms with Crippen molar-refractivity contribution in [1.82, 2.24) is 5.32 Å². The van der Waals surface area contributed by atoms with E-state index in [0.717, 1.165) is 38.5 Å². The molecule has 0 spiro atoms. The average molecular weight is 900 g/mol. The fourth-order valence-electron chi connectivity index (χ4n) is 8.68. The highest BCUT2D eigenvalue weighted by Gasteiger charge is 2.44. The number of carbonyl (C=O) groups excluding carboxylic acids is 1. The standard InChI is InChI=1S/C52H101NO10/c1-3-5-7-9-11-13-15-17-18-19-20-21-22-23-24-25-26-27-28-30-32-34-36-38-40-45(56)51(61)53-43(42-62-52-50(60)49(59)48(58)46(41-54)63-52)47(57)44(55)39-37-35-33-31-29-16-14-12-10-8-6-4-2/h31,33,43-50,52,54-60H,3-30,32,34-42H2,1-2H3,(H,53,61)/b33-31+. The van der Waals surface area contributed by atoms with Crippen LogP contribution in [-0.2, 0) is 14.3 Å². The maximum atomic E-state index is 13.1. The Labute approximate surface area is 385 Å². The van der Waals surface area contributed by atoms with Crippen LogP contribution in [-0.4, -0.2) is 110 Å². The fraction of sp³-hybridized carbons (Fsp3) is 0.942. The monoisotopic (exact) mass is 900 g/mol. The van der Waals surface area contributed by atoms with Crippen molar-refractivity contribution in [2.24, 2.45) is 0 Å². The van der Waals surface area contributed by atoms with E-state index in [1.807, 2.05) is 0 Å². The van der Waals surface area contributed by atoms with Gasteiger partial charge in [0.2, 0.25) is 5.91 Å². The number of unbranched alkanes of at least 4 members (excludes halogenated alkanes) is 31. The molecule has 374 valence electrons. The summed E-state index contributed by atoms with van der Waals surface area (Å²) in [6, 6.07) is -1.18. The van der Waals surface area contributed by atoms with Crippen LogP contribution in [0.2, 0.25) is 0 Å². The topological polar surface area (TPSA) is 189 Å². The Kier molecular flexibility index (Phi) is 40.1. The van der Waals surface area contributed by atoms with Gasteiger partial charge in [-0.15, -0.1) is 0 Å². The number of amides is 1. The summed E-state index contributed by atoms with van der Waals surface area (Å²) in [5.74, 6) is -0.703. The minimum atomic E-state index is -1.66. The summed E-state index contributed by atoms with van der Waals surface area (Å²) in [4.78, 5) is 13.1. The van der Waals surface area contributed by atoms with E-state index in [0.29, 0.717) is 12.8 Å². The van der Waals surface area contributed by atoms with Gasteiger partial charge in [-0.05, 0) is 38.5 Å². The Bertz CT molecular complexity index is 1030. The van der Waals surface area contributed by atoms with Crippen LogP contribution in [0.3, 0.4) is 0 Å². The van der Waals surface area contributed by atoms with E-state index in [2.05, 4.69) is 31.3 Å². The van der Waals surface area contributed by atoms with Crippen LogP contribution in [0.5, 0.6) is 0 Å². The van der Waals surface area contributed by atoms with Gasteiger partial charge in [-0.25, -0.2) is 0 Å². The molecule has 1 amide bonds. The lowest BCUT2D eigenvalue weighted by Crippen LogP contribution is -2.60. The maximum Gasteiger partial charge on any atom is 0.249 e. The molecule has 1 heterocycles. The van der Waals surface area contributed by atoms with Crippen LogP contribution in [0.15, 0.2) is 12.2 Å². The minimum Gasteiger partial charge on any atom is -0.394 e. The number of allylic oxidation sites excluding steroid dienone is 2. The van der Waals surface area contributed by atoms with Crippen molar-refractivity contribution < 1.29 is 50.0 Å². The first-order valence-electron chi connectivity index (χ1n) is 26.6. The summed E-state index contributed by atoms with van der Waals surface area (Å²) in [5, 5.41) is 75.8. The van der Waals surface area contributed by atoms with Gasteiger partial charge in [-0.2, -0.15) is 0 Å². The number of ether oxygens (including phenoxy) is 2.